The molecule has 1 aromatic carbocycles. The fourth-order valence-corrected chi connectivity index (χ4v) is 2.25. The lowest BCUT2D eigenvalue weighted by Crippen LogP contribution is -2.26. The average Bonchev–Trinajstić information content (AvgIpc) is 2.77. The van der Waals surface area contributed by atoms with E-state index in [-0.39, 0.29) is 5.69 Å². The fraction of sp³-hybridized carbons (Fsp3) is 0.286. The molecular formula is C14H13BrF3N3O. The minimum atomic E-state index is -4.53. The summed E-state index contributed by atoms with van der Waals surface area (Å²) < 4.78 is 40.9. The van der Waals surface area contributed by atoms with Gasteiger partial charge >= 0.3 is 6.18 Å². The monoisotopic (exact) mass is 375 g/mol. The number of hydrogen-bond acceptors (Lipinski definition) is 2. The molecule has 0 saturated carbocycles. The second-order valence-corrected chi connectivity index (χ2v) is 5.59. The molecular weight excluding hydrogens is 363 g/mol. The Labute approximate surface area is 133 Å². The van der Waals surface area contributed by atoms with Crippen LogP contribution in [0.25, 0.3) is 0 Å². The molecule has 118 valence electrons. The van der Waals surface area contributed by atoms with Crippen LogP contribution in [0.15, 0.2) is 34.9 Å². The normalized spacial score (nSPS) is 13.0. The highest BCUT2D eigenvalue weighted by Gasteiger charge is 2.34. The minimum Gasteiger partial charge on any atom is -0.324 e. The summed E-state index contributed by atoms with van der Waals surface area (Å²) in [5.74, 6) is -0.574. The zero-order valence-electron chi connectivity index (χ0n) is 11.8. The summed E-state index contributed by atoms with van der Waals surface area (Å²) >= 11 is 3.27. The molecule has 0 aliphatic rings. The van der Waals surface area contributed by atoms with Gasteiger partial charge in [0.2, 0.25) is 5.91 Å². The first-order chi connectivity index (χ1) is 10.2. The van der Waals surface area contributed by atoms with E-state index in [0.29, 0.717) is 5.69 Å². The van der Waals surface area contributed by atoms with E-state index in [1.165, 1.54) is 29.1 Å². The number of halogens is 4. The van der Waals surface area contributed by atoms with Crippen molar-refractivity contribution < 1.29 is 18.0 Å². The number of anilines is 1. The summed E-state index contributed by atoms with van der Waals surface area (Å²) in [5, 5.41) is 6.35. The Hall–Kier alpha value is -1.83. The van der Waals surface area contributed by atoms with Crippen molar-refractivity contribution in [1.82, 2.24) is 9.78 Å². The topological polar surface area (TPSA) is 46.9 Å². The number of para-hydroxylation sites is 1. The van der Waals surface area contributed by atoms with E-state index in [1.807, 2.05) is 0 Å². The molecule has 22 heavy (non-hydrogen) atoms. The molecule has 1 atom stereocenters. The molecule has 0 spiro atoms. The van der Waals surface area contributed by atoms with E-state index in [2.05, 4.69) is 26.3 Å². The van der Waals surface area contributed by atoms with Crippen LogP contribution < -0.4 is 5.32 Å². The maximum absolute atomic E-state index is 12.9. The first-order valence-corrected chi connectivity index (χ1v) is 7.18. The van der Waals surface area contributed by atoms with Crippen molar-refractivity contribution in [2.75, 3.05) is 5.32 Å². The molecule has 1 amide bonds. The fourth-order valence-electron chi connectivity index (χ4n) is 1.98. The molecule has 2 rings (SSSR count). The molecule has 0 aliphatic carbocycles. The van der Waals surface area contributed by atoms with Crippen LogP contribution >= 0.6 is 15.9 Å². The first kappa shape index (κ1) is 16.5. The molecule has 1 N–H and O–H groups in total. The maximum atomic E-state index is 12.9. The summed E-state index contributed by atoms with van der Waals surface area (Å²) in [6.45, 7) is 3.32. The Kier molecular flexibility index (Phi) is 4.60. The predicted molar refractivity (Wildman–Crippen MR) is 79.4 cm³/mol. The molecule has 1 unspecified atom stereocenters. The smallest absolute Gasteiger partial charge is 0.324 e. The van der Waals surface area contributed by atoms with E-state index in [1.54, 1.807) is 13.8 Å². The van der Waals surface area contributed by atoms with Crippen LogP contribution in [0.5, 0.6) is 0 Å². The summed E-state index contributed by atoms with van der Waals surface area (Å²) in [6.07, 6.45) is -3.00. The van der Waals surface area contributed by atoms with Crippen molar-refractivity contribution in [3.8, 4) is 0 Å². The van der Waals surface area contributed by atoms with Gasteiger partial charge in [-0.25, -0.2) is 0 Å². The first-order valence-electron chi connectivity index (χ1n) is 6.38. The number of rotatable bonds is 3. The average molecular weight is 376 g/mol. The molecule has 1 aromatic heterocycles. The van der Waals surface area contributed by atoms with Gasteiger partial charge in [0.05, 0.1) is 27.6 Å². The summed E-state index contributed by atoms with van der Waals surface area (Å²) in [7, 11) is 0. The van der Waals surface area contributed by atoms with Crippen LogP contribution in [0, 0.1) is 6.92 Å². The third-order valence-electron chi connectivity index (χ3n) is 3.22. The SMILES string of the molecule is Cc1c(Br)cnn1C(C)C(=O)Nc1ccccc1C(F)(F)F. The minimum absolute atomic E-state index is 0.268. The van der Waals surface area contributed by atoms with Gasteiger partial charge in [0.1, 0.15) is 6.04 Å². The van der Waals surface area contributed by atoms with Gasteiger partial charge in [0, 0.05) is 0 Å². The standard InChI is InChI=1S/C14H13BrF3N3O/c1-8-11(15)7-19-21(8)9(2)13(22)20-12-6-4-3-5-10(12)14(16,17)18/h3-7,9H,1-2H3,(H,20,22). The van der Waals surface area contributed by atoms with Crippen LogP contribution in [-0.4, -0.2) is 15.7 Å². The number of aromatic nitrogens is 2. The number of amides is 1. The predicted octanol–water partition coefficient (Wildman–Crippen LogP) is 4.17. The lowest BCUT2D eigenvalue weighted by Gasteiger charge is -2.17. The molecule has 2 aromatic rings. The summed E-state index contributed by atoms with van der Waals surface area (Å²) in [5.41, 5.74) is -0.434. The van der Waals surface area contributed by atoms with Gasteiger partial charge in [-0.2, -0.15) is 18.3 Å². The van der Waals surface area contributed by atoms with Gasteiger partial charge in [-0.1, -0.05) is 12.1 Å². The number of benzene rings is 1. The zero-order chi connectivity index (χ0) is 16.5. The highest BCUT2D eigenvalue weighted by Crippen LogP contribution is 2.34. The van der Waals surface area contributed by atoms with Crippen LogP contribution in [0.3, 0.4) is 0 Å². The highest BCUT2D eigenvalue weighted by molar-refractivity contribution is 9.10. The lowest BCUT2D eigenvalue weighted by molar-refractivity contribution is -0.137. The number of carbonyl (C=O) groups excluding carboxylic acids is 1. The third kappa shape index (κ3) is 3.32. The Balaban J connectivity index is 2.25. The second-order valence-electron chi connectivity index (χ2n) is 4.73. The Morgan fingerprint density at radius 1 is 1.36 bits per heavy atom. The van der Waals surface area contributed by atoms with E-state index < -0.39 is 23.7 Å². The molecule has 0 saturated heterocycles. The van der Waals surface area contributed by atoms with E-state index >= 15 is 0 Å². The Bertz CT molecular complexity index is 697. The number of carbonyl (C=O) groups is 1. The van der Waals surface area contributed by atoms with Crippen molar-refractivity contribution in [2.45, 2.75) is 26.1 Å². The molecule has 0 radical (unpaired) electrons. The van der Waals surface area contributed by atoms with E-state index in [0.717, 1.165) is 10.5 Å². The van der Waals surface area contributed by atoms with E-state index in [4.69, 9.17) is 0 Å². The molecule has 1 heterocycles. The van der Waals surface area contributed by atoms with Crippen LogP contribution in [0.4, 0.5) is 18.9 Å². The van der Waals surface area contributed by atoms with Crippen LogP contribution in [0.1, 0.15) is 24.2 Å². The molecule has 0 aliphatic heterocycles. The van der Waals surface area contributed by atoms with Gasteiger partial charge in [0.25, 0.3) is 0 Å². The van der Waals surface area contributed by atoms with Gasteiger partial charge in [-0.15, -0.1) is 0 Å². The lowest BCUT2D eigenvalue weighted by atomic mass is 10.1. The molecule has 4 nitrogen and oxygen atoms in total. The highest BCUT2D eigenvalue weighted by atomic mass is 79.9. The molecule has 8 heteroatoms. The zero-order valence-corrected chi connectivity index (χ0v) is 13.4. The maximum Gasteiger partial charge on any atom is 0.418 e. The van der Waals surface area contributed by atoms with Crippen LogP contribution in [-0.2, 0) is 11.0 Å². The largest absolute Gasteiger partial charge is 0.418 e. The van der Waals surface area contributed by atoms with Crippen molar-refractivity contribution in [3.63, 3.8) is 0 Å². The van der Waals surface area contributed by atoms with Crippen molar-refractivity contribution >= 4 is 27.5 Å². The summed E-state index contributed by atoms with van der Waals surface area (Å²) in [6, 6.07) is 4.12. The number of alkyl halides is 3. The second kappa shape index (κ2) is 6.12. The Morgan fingerprint density at radius 2 is 2.00 bits per heavy atom. The Morgan fingerprint density at radius 3 is 2.55 bits per heavy atom. The van der Waals surface area contributed by atoms with Crippen molar-refractivity contribution in [2.24, 2.45) is 0 Å². The van der Waals surface area contributed by atoms with Gasteiger partial charge in [-0.05, 0) is 41.9 Å². The van der Waals surface area contributed by atoms with Crippen molar-refractivity contribution in [1.29, 1.82) is 0 Å². The van der Waals surface area contributed by atoms with Crippen molar-refractivity contribution in [3.05, 3.63) is 46.2 Å². The molecule has 0 fully saturated rings. The summed E-state index contributed by atoms with van der Waals surface area (Å²) in [4.78, 5) is 12.2. The molecule has 0 bridgehead atoms. The van der Waals surface area contributed by atoms with E-state index in [9.17, 15) is 18.0 Å². The van der Waals surface area contributed by atoms with Gasteiger partial charge in [-0.3, -0.25) is 9.48 Å². The number of nitrogens with zero attached hydrogens (tertiary/aromatic N) is 2. The van der Waals surface area contributed by atoms with Crippen LogP contribution in [0.2, 0.25) is 0 Å². The third-order valence-corrected chi connectivity index (χ3v) is 4.00. The van der Waals surface area contributed by atoms with Gasteiger partial charge in [0.15, 0.2) is 0 Å². The van der Waals surface area contributed by atoms with Gasteiger partial charge < -0.3 is 5.32 Å². The number of nitrogens with one attached hydrogen (secondary N) is 1. The quantitative estimate of drug-likeness (QED) is 0.874. The number of hydrogen-bond donors (Lipinski definition) is 1.